The highest BCUT2D eigenvalue weighted by Gasteiger charge is 2.32. The first-order valence-corrected chi connectivity index (χ1v) is 21.2. The van der Waals surface area contributed by atoms with E-state index in [2.05, 4.69) is 23.9 Å². The summed E-state index contributed by atoms with van der Waals surface area (Å²) in [5.41, 5.74) is 4.72. The van der Waals surface area contributed by atoms with Crippen molar-refractivity contribution in [1.82, 2.24) is 24.9 Å². The number of aryl methyl sites for hydroxylation is 1. The second-order valence-corrected chi connectivity index (χ2v) is 16.9. The molecule has 11 nitrogen and oxygen atoms in total. The number of thiophene rings is 1. The first-order chi connectivity index (χ1) is 27.1. The highest BCUT2D eigenvalue weighted by molar-refractivity contribution is 7.94. The number of benzene rings is 3. The normalized spacial score (nSPS) is 14.2. The van der Waals surface area contributed by atoms with Gasteiger partial charge in [0.1, 0.15) is 11.4 Å². The molecule has 0 bridgehead atoms. The molecule has 2 aromatic heterocycles. The molecule has 0 saturated heterocycles. The van der Waals surface area contributed by atoms with Crippen LogP contribution in [0.5, 0.6) is 0 Å². The average molecular weight is 815 g/mol. The van der Waals surface area contributed by atoms with Gasteiger partial charge in [-0.15, -0.1) is 0 Å². The number of aliphatic hydroxyl groups is 1. The molecule has 1 aliphatic rings. The van der Waals surface area contributed by atoms with Crippen LogP contribution in [-0.4, -0.2) is 72.7 Å². The number of nitrogens with zero attached hydrogens (tertiary/aromatic N) is 4. The van der Waals surface area contributed by atoms with E-state index in [0.717, 1.165) is 41.7 Å². The van der Waals surface area contributed by atoms with E-state index in [9.17, 15) is 24.0 Å². The summed E-state index contributed by atoms with van der Waals surface area (Å²) in [4.78, 5) is 45.4. The fraction of sp³-hybridized carbons (Fsp3) is 0.333. The van der Waals surface area contributed by atoms with E-state index in [4.69, 9.17) is 16.7 Å². The molecule has 0 radical (unpaired) electrons. The summed E-state index contributed by atoms with van der Waals surface area (Å²) in [6.07, 6.45) is 4.21. The fourth-order valence-electron chi connectivity index (χ4n) is 6.68. The van der Waals surface area contributed by atoms with E-state index < -0.39 is 17.4 Å². The molecular formula is C42H47ClN6O5S2. The van der Waals surface area contributed by atoms with Crippen LogP contribution in [0.25, 0.3) is 5.69 Å². The Morgan fingerprint density at radius 1 is 0.982 bits per heavy atom. The summed E-state index contributed by atoms with van der Waals surface area (Å²) >= 11 is 5.55. The van der Waals surface area contributed by atoms with E-state index in [1.54, 1.807) is 64.2 Å². The van der Waals surface area contributed by atoms with Crippen molar-refractivity contribution in [2.45, 2.75) is 76.2 Å². The van der Waals surface area contributed by atoms with Gasteiger partial charge in [-0.3, -0.25) is 14.4 Å². The topological polar surface area (TPSA) is 143 Å². The first-order valence-electron chi connectivity index (χ1n) is 18.9. The van der Waals surface area contributed by atoms with Gasteiger partial charge in [0.25, 0.3) is 17.7 Å². The predicted molar refractivity (Wildman–Crippen MR) is 222 cm³/mol. The highest BCUT2D eigenvalue weighted by Crippen LogP contribution is 2.31. The van der Waals surface area contributed by atoms with Gasteiger partial charge in [0.05, 0.1) is 36.1 Å². The van der Waals surface area contributed by atoms with Gasteiger partial charge in [0.2, 0.25) is 4.21 Å². The number of halogens is 1. The zero-order valence-electron chi connectivity index (χ0n) is 31.8. The number of carbonyl (C=O) groups is 3. The number of fused-ring (bicyclic) bond motifs is 1. The molecule has 1 aliphatic heterocycles. The largest absolute Gasteiger partial charge is 0.587 e. The third-order valence-electron chi connectivity index (χ3n) is 9.80. The van der Waals surface area contributed by atoms with Crippen molar-refractivity contribution >= 4 is 57.7 Å². The summed E-state index contributed by atoms with van der Waals surface area (Å²) in [5, 5.41) is 18.6. The maximum absolute atomic E-state index is 14.7. The van der Waals surface area contributed by atoms with E-state index in [1.807, 2.05) is 42.2 Å². The summed E-state index contributed by atoms with van der Waals surface area (Å²) in [7, 11) is 0. The van der Waals surface area contributed by atoms with E-state index in [-0.39, 0.29) is 36.4 Å². The lowest BCUT2D eigenvalue weighted by molar-refractivity contribution is 0.0544. The quantitative estimate of drug-likeness (QED) is 0.0873. The monoisotopic (exact) mass is 814 g/mol. The van der Waals surface area contributed by atoms with Gasteiger partial charge in [-0.2, -0.15) is 5.10 Å². The lowest BCUT2D eigenvalue weighted by atomic mass is 9.93. The lowest BCUT2D eigenvalue weighted by Crippen LogP contribution is -2.46. The number of hydrogen-bond donors (Lipinski definition) is 3. The highest BCUT2D eigenvalue weighted by atomic mass is 35.5. The van der Waals surface area contributed by atoms with Crippen molar-refractivity contribution in [1.29, 1.82) is 0 Å². The van der Waals surface area contributed by atoms with Crippen LogP contribution >= 0.6 is 22.9 Å². The molecule has 3 N–H and O–H groups in total. The minimum Gasteiger partial charge on any atom is -0.587 e. The molecule has 14 heteroatoms. The zero-order chi connectivity index (χ0) is 39.8. The summed E-state index contributed by atoms with van der Waals surface area (Å²) in [5.74, 6) is -0.723. The second-order valence-electron chi connectivity index (χ2n) is 13.8. The summed E-state index contributed by atoms with van der Waals surface area (Å²) in [6.45, 7) is 7.67. The molecule has 6 rings (SSSR count). The molecular weight excluding hydrogens is 768 g/mol. The molecule has 3 aromatic carbocycles. The maximum Gasteiger partial charge on any atom is 0.274 e. The Kier molecular flexibility index (Phi) is 13.9. The number of carbonyl (C=O) groups excluding carboxylic acids is 3. The number of amides is 3. The molecule has 0 saturated carbocycles. The van der Waals surface area contributed by atoms with Gasteiger partial charge >= 0.3 is 0 Å². The predicted octanol–water partition coefficient (Wildman–Crippen LogP) is 7.56. The Bertz CT molecular complexity index is 2150. The Labute approximate surface area is 340 Å². The van der Waals surface area contributed by atoms with Crippen LogP contribution in [0.4, 0.5) is 5.69 Å². The van der Waals surface area contributed by atoms with Gasteiger partial charge in [-0.25, -0.2) is 9.40 Å². The van der Waals surface area contributed by atoms with Crippen molar-refractivity contribution in [3.8, 4) is 5.69 Å². The van der Waals surface area contributed by atoms with Crippen LogP contribution in [0, 0.1) is 6.92 Å². The van der Waals surface area contributed by atoms with E-state index in [1.165, 1.54) is 11.3 Å². The Morgan fingerprint density at radius 3 is 2.39 bits per heavy atom. The molecule has 3 heterocycles. The Balaban J connectivity index is 1.28. The Hall–Kier alpha value is -4.66. The number of aliphatic hydroxyl groups excluding tert-OH is 1. The summed E-state index contributed by atoms with van der Waals surface area (Å²) in [6, 6.07) is 24.5. The summed E-state index contributed by atoms with van der Waals surface area (Å²) < 4.78 is 18.9. The Morgan fingerprint density at radius 2 is 1.70 bits per heavy atom. The minimum atomic E-state index is -1.70. The van der Waals surface area contributed by atoms with E-state index >= 15 is 0 Å². The van der Waals surface area contributed by atoms with Crippen molar-refractivity contribution in [2.24, 2.45) is 0 Å². The molecule has 2 atom stereocenters. The van der Waals surface area contributed by atoms with Crippen LogP contribution in [0.1, 0.15) is 92.4 Å². The van der Waals surface area contributed by atoms with Gasteiger partial charge in [0, 0.05) is 46.9 Å². The number of hydrogen-bond acceptors (Lipinski definition) is 8. The number of nitrogens with one attached hydrogen (secondary N) is 2. The molecule has 1 unspecified atom stereocenters. The smallest absolute Gasteiger partial charge is 0.274 e. The van der Waals surface area contributed by atoms with E-state index in [0.29, 0.717) is 63.6 Å². The zero-order valence-corrected chi connectivity index (χ0v) is 34.2. The SMILES string of the molecule is CCCCN(CCCC)C(=O)c1cc(C)n(-c2ccc(N[S+]([O-])c3ccc(CNC(=O)c4ccc(Cl)cc4)s3)cc2C(=O)N2Cc3ccccc3C[C@H]2CO)n1. The third kappa shape index (κ3) is 9.64. The molecule has 3 amide bonds. The van der Waals surface area contributed by atoms with Gasteiger partial charge in [-0.05, 0) is 91.9 Å². The fourth-order valence-corrected chi connectivity index (χ4v) is 8.86. The standard InChI is InChI=1S/C42H47ClN6O5S2/c1-4-6-20-47(21-7-5-2)42(53)37-22-28(3)49(45-37)38-18-16-33(24-36(38)41(52)48-26-31-11-9-8-10-30(31)23-34(48)27-50)46-56(54)39-19-17-35(55-39)25-44-40(51)29-12-14-32(43)15-13-29/h8-19,22,24,34,46,50H,4-7,20-21,23,25-27H2,1-3H3,(H,44,51)/t34-,56?/m0/s1. The maximum atomic E-state index is 14.7. The second kappa shape index (κ2) is 19.0. The van der Waals surface area contributed by atoms with Crippen molar-refractivity contribution < 1.29 is 24.0 Å². The van der Waals surface area contributed by atoms with Crippen LogP contribution in [0.2, 0.25) is 5.02 Å². The average Bonchev–Trinajstić information content (AvgIpc) is 3.86. The van der Waals surface area contributed by atoms with Crippen LogP contribution in [-0.2, 0) is 30.9 Å². The molecule has 0 aliphatic carbocycles. The number of anilines is 1. The van der Waals surface area contributed by atoms with Gasteiger partial charge < -0.3 is 24.8 Å². The number of aromatic nitrogens is 2. The van der Waals surface area contributed by atoms with Crippen molar-refractivity contribution in [3.05, 3.63) is 128 Å². The van der Waals surface area contributed by atoms with Gasteiger partial charge in [-0.1, -0.05) is 73.9 Å². The number of unbranched alkanes of at least 4 members (excludes halogenated alkanes) is 2. The van der Waals surface area contributed by atoms with Crippen molar-refractivity contribution in [3.63, 3.8) is 0 Å². The molecule has 0 spiro atoms. The lowest BCUT2D eigenvalue weighted by Gasteiger charge is -2.36. The third-order valence-corrected chi connectivity index (χ3v) is 12.6. The molecule has 294 valence electrons. The molecule has 0 fully saturated rings. The van der Waals surface area contributed by atoms with Gasteiger partial charge in [0.15, 0.2) is 5.69 Å². The van der Waals surface area contributed by atoms with Crippen LogP contribution < -0.4 is 10.0 Å². The van der Waals surface area contributed by atoms with Crippen LogP contribution in [0.3, 0.4) is 0 Å². The molecule has 5 aromatic rings. The molecule has 56 heavy (non-hydrogen) atoms. The number of rotatable bonds is 16. The van der Waals surface area contributed by atoms with Crippen LogP contribution in [0.15, 0.2) is 89.1 Å². The minimum absolute atomic E-state index is 0.150. The first kappa shape index (κ1) is 41.0. The van der Waals surface area contributed by atoms with Crippen molar-refractivity contribution in [2.75, 3.05) is 24.4 Å².